The van der Waals surface area contributed by atoms with Crippen LogP contribution in [0.1, 0.15) is 37.8 Å². The molecular weight excluding hydrogens is 202 g/mol. The second-order valence-corrected chi connectivity index (χ2v) is 3.99. The summed E-state index contributed by atoms with van der Waals surface area (Å²) in [6, 6.07) is 7.95. The summed E-state index contributed by atoms with van der Waals surface area (Å²) < 4.78 is 5.56. The van der Waals surface area contributed by atoms with E-state index in [1.165, 1.54) is 0 Å². The van der Waals surface area contributed by atoms with Crippen molar-refractivity contribution in [1.82, 2.24) is 0 Å². The molecule has 0 amide bonds. The third kappa shape index (κ3) is 4.64. The Morgan fingerprint density at radius 1 is 1.19 bits per heavy atom. The SMILES string of the molecule is C[C@H](N)c1ccc(OCCCCCO)cc1. The van der Waals surface area contributed by atoms with Crippen LogP contribution in [0, 0.1) is 0 Å². The van der Waals surface area contributed by atoms with E-state index in [-0.39, 0.29) is 12.6 Å². The maximum Gasteiger partial charge on any atom is 0.119 e. The van der Waals surface area contributed by atoms with Gasteiger partial charge in [-0.25, -0.2) is 0 Å². The average Bonchev–Trinajstić information content (AvgIpc) is 2.29. The van der Waals surface area contributed by atoms with E-state index in [4.69, 9.17) is 15.6 Å². The van der Waals surface area contributed by atoms with Crippen LogP contribution in [0.25, 0.3) is 0 Å². The molecule has 1 rings (SSSR count). The number of hydrogen-bond acceptors (Lipinski definition) is 3. The van der Waals surface area contributed by atoms with Gasteiger partial charge in [0.25, 0.3) is 0 Å². The molecule has 1 atom stereocenters. The smallest absolute Gasteiger partial charge is 0.119 e. The zero-order chi connectivity index (χ0) is 11.8. The molecule has 0 aromatic heterocycles. The molecule has 0 aliphatic heterocycles. The van der Waals surface area contributed by atoms with Gasteiger partial charge in [0.2, 0.25) is 0 Å². The Balaban J connectivity index is 2.27. The van der Waals surface area contributed by atoms with Crippen LogP contribution < -0.4 is 10.5 Å². The van der Waals surface area contributed by atoms with Gasteiger partial charge in [-0.3, -0.25) is 0 Å². The van der Waals surface area contributed by atoms with Crippen LogP contribution in [0.5, 0.6) is 5.75 Å². The molecule has 0 heterocycles. The second kappa shape index (κ2) is 7.25. The minimum absolute atomic E-state index is 0.0682. The molecule has 0 fully saturated rings. The van der Waals surface area contributed by atoms with E-state index in [9.17, 15) is 0 Å². The molecule has 90 valence electrons. The standard InChI is InChI=1S/C13H21NO2/c1-11(14)12-5-7-13(8-6-12)16-10-4-2-3-9-15/h5-8,11,15H,2-4,9-10,14H2,1H3/t11-/m0/s1. The van der Waals surface area contributed by atoms with Gasteiger partial charge in [0.05, 0.1) is 6.61 Å². The summed E-state index contributed by atoms with van der Waals surface area (Å²) in [6.07, 6.45) is 2.84. The molecule has 1 aromatic rings. The van der Waals surface area contributed by atoms with Crippen molar-refractivity contribution in [2.75, 3.05) is 13.2 Å². The zero-order valence-electron chi connectivity index (χ0n) is 9.86. The van der Waals surface area contributed by atoms with Gasteiger partial charge in [0, 0.05) is 12.6 Å². The maximum absolute atomic E-state index is 8.61. The van der Waals surface area contributed by atoms with Crippen LogP contribution in [-0.2, 0) is 0 Å². The normalized spacial score (nSPS) is 12.4. The fourth-order valence-electron chi connectivity index (χ4n) is 1.45. The third-order valence-corrected chi connectivity index (χ3v) is 2.48. The largest absolute Gasteiger partial charge is 0.494 e. The first kappa shape index (κ1) is 13.0. The molecule has 0 aliphatic rings. The molecule has 0 bridgehead atoms. The summed E-state index contributed by atoms with van der Waals surface area (Å²) in [6.45, 7) is 2.94. The lowest BCUT2D eigenvalue weighted by Crippen LogP contribution is -2.04. The van der Waals surface area contributed by atoms with E-state index in [2.05, 4.69) is 0 Å². The average molecular weight is 223 g/mol. The van der Waals surface area contributed by atoms with Crippen molar-refractivity contribution in [3.8, 4) is 5.75 Å². The van der Waals surface area contributed by atoms with Gasteiger partial charge in [0.1, 0.15) is 5.75 Å². The Morgan fingerprint density at radius 2 is 1.88 bits per heavy atom. The van der Waals surface area contributed by atoms with Crippen LogP contribution in [0.2, 0.25) is 0 Å². The van der Waals surface area contributed by atoms with E-state index in [1.807, 2.05) is 31.2 Å². The highest BCUT2D eigenvalue weighted by atomic mass is 16.5. The Labute approximate surface area is 97.2 Å². The van der Waals surface area contributed by atoms with Gasteiger partial charge in [-0.2, -0.15) is 0 Å². The molecule has 0 spiro atoms. The highest BCUT2D eigenvalue weighted by Gasteiger charge is 1.99. The minimum Gasteiger partial charge on any atom is -0.494 e. The Hall–Kier alpha value is -1.06. The van der Waals surface area contributed by atoms with Crippen LogP contribution in [0.4, 0.5) is 0 Å². The monoisotopic (exact) mass is 223 g/mol. The minimum atomic E-state index is 0.0682. The van der Waals surface area contributed by atoms with Crippen molar-refractivity contribution < 1.29 is 9.84 Å². The Bertz CT molecular complexity index is 282. The van der Waals surface area contributed by atoms with Gasteiger partial charge in [-0.1, -0.05) is 12.1 Å². The predicted octanol–water partition coefficient (Wildman–Crippen LogP) is 2.25. The molecule has 0 unspecified atom stereocenters. The third-order valence-electron chi connectivity index (χ3n) is 2.48. The van der Waals surface area contributed by atoms with Crippen molar-refractivity contribution in [2.45, 2.75) is 32.2 Å². The topological polar surface area (TPSA) is 55.5 Å². The Morgan fingerprint density at radius 3 is 2.44 bits per heavy atom. The Kier molecular flexibility index (Phi) is 5.90. The number of ether oxygens (including phenoxy) is 1. The van der Waals surface area contributed by atoms with Gasteiger partial charge in [-0.15, -0.1) is 0 Å². The predicted molar refractivity (Wildman–Crippen MR) is 65.5 cm³/mol. The number of aliphatic hydroxyl groups is 1. The molecule has 16 heavy (non-hydrogen) atoms. The summed E-state index contributed by atoms with van der Waals surface area (Å²) >= 11 is 0. The van der Waals surface area contributed by atoms with Gasteiger partial charge >= 0.3 is 0 Å². The molecule has 0 saturated carbocycles. The lowest BCUT2D eigenvalue weighted by molar-refractivity contribution is 0.266. The molecule has 3 N–H and O–H groups in total. The number of nitrogens with two attached hydrogens (primary N) is 1. The van der Waals surface area contributed by atoms with E-state index in [0.717, 1.165) is 30.6 Å². The van der Waals surface area contributed by atoms with Crippen molar-refractivity contribution >= 4 is 0 Å². The van der Waals surface area contributed by atoms with Gasteiger partial charge in [-0.05, 0) is 43.9 Å². The lowest BCUT2D eigenvalue weighted by Gasteiger charge is -2.08. The van der Waals surface area contributed by atoms with E-state index < -0.39 is 0 Å². The number of unbranched alkanes of at least 4 members (excludes halogenated alkanes) is 2. The highest BCUT2D eigenvalue weighted by molar-refractivity contribution is 5.28. The maximum atomic E-state index is 8.61. The van der Waals surface area contributed by atoms with Gasteiger partial charge in [0.15, 0.2) is 0 Å². The summed E-state index contributed by atoms with van der Waals surface area (Å²) in [5, 5.41) is 8.61. The number of aliphatic hydroxyl groups excluding tert-OH is 1. The lowest BCUT2D eigenvalue weighted by atomic mass is 10.1. The molecular formula is C13H21NO2. The molecule has 3 nitrogen and oxygen atoms in total. The number of hydrogen-bond donors (Lipinski definition) is 2. The van der Waals surface area contributed by atoms with Crippen LogP contribution in [-0.4, -0.2) is 18.3 Å². The van der Waals surface area contributed by atoms with Crippen LogP contribution in [0.15, 0.2) is 24.3 Å². The molecule has 0 radical (unpaired) electrons. The molecule has 1 aromatic carbocycles. The van der Waals surface area contributed by atoms with Crippen molar-refractivity contribution in [3.63, 3.8) is 0 Å². The van der Waals surface area contributed by atoms with Crippen molar-refractivity contribution in [3.05, 3.63) is 29.8 Å². The number of rotatable bonds is 7. The van der Waals surface area contributed by atoms with E-state index in [0.29, 0.717) is 6.61 Å². The first-order valence-corrected chi connectivity index (χ1v) is 5.83. The quantitative estimate of drug-likeness (QED) is 0.697. The first-order valence-electron chi connectivity index (χ1n) is 5.83. The summed E-state index contributed by atoms with van der Waals surface area (Å²) in [7, 11) is 0. The van der Waals surface area contributed by atoms with Crippen molar-refractivity contribution in [1.29, 1.82) is 0 Å². The molecule has 3 heteroatoms. The zero-order valence-corrected chi connectivity index (χ0v) is 9.86. The fraction of sp³-hybridized carbons (Fsp3) is 0.538. The van der Waals surface area contributed by atoms with Crippen molar-refractivity contribution in [2.24, 2.45) is 5.73 Å². The first-order chi connectivity index (χ1) is 7.74. The highest BCUT2D eigenvalue weighted by Crippen LogP contribution is 2.16. The number of benzene rings is 1. The fourth-order valence-corrected chi connectivity index (χ4v) is 1.45. The van der Waals surface area contributed by atoms with E-state index >= 15 is 0 Å². The second-order valence-electron chi connectivity index (χ2n) is 3.99. The summed E-state index contributed by atoms with van der Waals surface area (Å²) in [5.41, 5.74) is 6.87. The summed E-state index contributed by atoms with van der Waals surface area (Å²) in [5.74, 6) is 0.883. The molecule has 0 aliphatic carbocycles. The molecule has 0 saturated heterocycles. The van der Waals surface area contributed by atoms with E-state index in [1.54, 1.807) is 0 Å². The van der Waals surface area contributed by atoms with Crippen LogP contribution >= 0.6 is 0 Å². The summed E-state index contributed by atoms with van der Waals surface area (Å²) in [4.78, 5) is 0. The van der Waals surface area contributed by atoms with Gasteiger partial charge < -0.3 is 15.6 Å². The van der Waals surface area contributed by atoms with Crippen LogP contribution in [0.3, 0.4) is 0 Å².